The summed E-state index contributed by atoms with van der Waals surface area (Å²) in [7, 11) is 0. The van der Waals surface area contributed by atoms with E-state index in [0.29, 0.717) is 0 Å². The zero-order valence-corrected chi connectivity index (χ0v) is 28.4. The molecule has 36 heavy (non-hydrogen) atoms. The van der Waals surface area contributed by atoms with Crippen molar-refractivity contribution in [3.63, 3.8) is 0 Å². The molecule has 0 aromatic heterocycles. The topological polar surface area (TPSA) is 0 Å². The molecule has 0 atom stereocenters. The summed E-state index contributed by atoms with van der Waals surface area (Å²) in [4.78, 5) is 0. The first-order valence-electron chi connectivity index (χ1n) is 12.4. The van der Waals surface area contributed by atoms with Crippen molar-refractivity contribution in [2.24, 2.45) is 0 Å². The number of aryl methyl sites for hydroxylation is 4. The maximum atomic E-state index is 2.34. The van der Waals surface area contributed by atoms with Gasteiger partial charge in [-0.2, -0.15) is 12.1 Å². The number of hydrogen-bond acceptors (Lipinski definition) is 0. The molecular weight excluding hydrogens is 531 g/mol. The minimum absolute atomic E-state index is 0. The monoisotopic (exact) mass is 574 g/mol. The van der Waals surface area contributed by atoms with E-state index in [9.17, 15) is 0 Å². The standard InChI is InChI=1S/2C15H19.C2H6Si.2ClH.Ti/c2*1-10-6-7-11(2)14-9-12(8-13(10)14)15(3,4)5;1-3-2;;;/h2*6-9H,1-5H3;1-2H3;2*1H;/q2*-1;;;;+2/p-2. The van der Waals surface area contributed by atoms with E-state index in [0.717, 1.165) is 0 Å². The van der Waals surface area contributed by atoms with Crippen molar-refractivity contribution in [3.8, 4) is 0 Å². The van der Waals surface area contributed by atoms with Gasteiger partial charge in [-0.3, -0.25) is 0 Å². The largest absolute Gasteiger partial charge is 1.00 e. The zero-order chi connectivity index (χ0) is 26.0. The van der Waals surface area contributed by atoms with E-state index in [1.54, 1.807) is 0 Å². The van der Waals surface area contributed by atoms with Crippen LogP contribution >= 0.6 is 0 Å². The fourth-order valence-electron chi connectivity index (χ4n) is 4.05. The second kappa shape index (κ2) is 13.8. The Labute approximate surface area is 245 Å². The number of benzene rings is 2. The molecule has 0 N–H and O–H groups in total. The normalized spacial score (nSPS) is 11.1. The predicted molar refractivity (Wildman–Crippen MR) is 153 cm³/mol. The fraction of sp³-hybridized carbons (Fsp3) is 0.438. The van der Waals surface area contributed by atoms with Gasteiger partial charge in [0.1, 0.15) is 0 Å². The third kappa shape index (κ3) is 9.17. The van der Waals surface area contributed by atoms with Crippen LogP contribution in [0.25, 0.3) is 21.5 Å². The molecule has 196 valence electrons. The van der Waals surface area contributed by atoms with Crippen LogP contribution in [0.2, 0.25) is 13.1 Å². The van der Waals surface area contributed by atoms with Gasteiger partial charge in [-0.25, -0.2) is 0 Å². The van der Waals surface area contributed by atoms with Crippen molar-refractivity contribution < 1.29 is 44.0 Å². The first kappa shape index (κ1) is 35.2. The van der Waals surface area contributed by atoms with Gasteiger partial charge in [-0.1, -0.05) is 78.6 Å². The zero-order valence-electron chi connectivity index (χ0n) is 24.4. The van der Waals surface area contributed by atoms with Crippen LogP contribution in [0, 0.1) is 27.7 Å². The van der Waals surface area contributed by atoms with Gasteiger partial charge in [0.2, 0.25) is 0 Å². The van der Waals surface area contributed by atoms with Gasteiger partial charge >= 0.3 is 38.5 Å². The molecule has 0 nitrogen and oxygen atoms in total. The molecule has 0 fully saturated rings. The average molecular weight is 576 g/mol. The van der Waals surface area contributed by atoms with Crippen LogP contribution in [0.15, 0.2) is 48.5 Å². The predicted octanol–water partition coefficient (Wildman–Crippen LogP) is 3.74. The molecule has 4 heteroatoms. The van der Waals surface area contributed by atoms with E-state index in [1.165, 1.54) is 54.9 Å². The minimum Gasteiger partial charge on any atom is -1.00 e. The second-order valence-electron chi connectivity index (χ2n) is 12.0. The Hall–Kier alpha value is -0.829. The molecule has 4 rings (SSSR count). The van der Waals surface area contributed by atoms with Gasteiger partial charge in [0.15, 0.2) is 0 Å². The Balaban J connectivity index is 0.000000566. The maximum Gasteiger partial charge on any atom is -0.0309 e. The third-order valence-electron chi connectivity index (χ3n) is 6.38. The number of rotatable bonds is 0. The third-order valence-corrected chi connectivity index (χ3v) is 6.38. The van der Waals surface area contributed by atoms with Crippen molar-refractivity contribution >= 4 is 27.7 Å². The van der Waals surface area contributed by atoms with E-state index in [4.69, 9.17) is 0 Å². The Morgan fingerprint density at radius 3 is 1.06 bits per heavy atom. The van der Waals surface area contributed by atoms with Gasteiger partial charge < -0.3 is 24.8 Å². The smallest absolute Gasteiger partial charge is 0.0309 e. The van der Waals surface area contributed by atoms with E-state index >= 15 is 0 Å². The van der Waals surface area contributed by atoms with Gasteiger partial charge in [0, 0.05) is 0 Å². The van der Waals surface area contributed by atoms with Crippen LogP contribution in [-0.4, -0.2) is 6.19 Å². The van der Waals surface area contributed by atoms with Crippen molar-refractivity contribution in [1.29, 1.82) is 0 Å². The molecular formula is C32H44Cl2SiTi-2. The van der Waals surface area contributed by atoms with Crippen LogP contribution in [0.3, 0.4) is 0 Å². The SMILES string of the molecule is C[Si](C)=[Ti+2].Cc1ccc(C)c2[cH-]c(C(C)(C)C)cc12.Cc1ccc(C)c2[cH-]c(C(C)(C)C)cc12.[Cl-].[Cl-]. The second-order valence-corrected chi connectivity index (χ2v) is 18.7. The molecule has 0 saturated carbocycles. The molecule has 0 aliphatic heterocycles. The summed E-state index contributed by atoms with van der Waals surface area (Å²) in [6, 6.07) is 18.2. The first-order valence-corrected chi connectivity index (χ1v) is 17.2. The molecule has 0 amide bonds. The molecule has 0 aliphatic carbocycles. The van der Waals surface area contributed by atoms with Gasteiger partial charge in [0.05, 0.1) is 0 Å². The summed E-state index contributed by atoms with van der Waals surface area (Å²) in [6.07, 6.45) is 0.120. The van der Waals surface area contributed by atoms with E-state index < -0.39 is 0 Å². The molecule has 0 aliphatic rings. The van der Waals surface area contributed by atoms with Crippen LogP contribution in [0.4, 0.5) is 0 Å². The summed E-state index contributed by atoms with van der Waals surface area (Å²) < 4.78 is 0. The van der Waals surface area contributed by atoms with E-state index in [-0.39, 0.29) is 41.8 Å². The van der Waals surface area contributed by atoms with Crippen molar-refractivity contribution in [2.75, 3.05) is 0 Å². The average Bonchev–Trinajstić information content (AvgIpc) is 3.34. The van der Waals surface area contributed by atoms with Crippen molar-refractivity contribution in [2.45, 2.75) is 93.2 Å². The molecule has 0 unspecified atom stereocenters. The Morgan fingerprint density at radius 2 is 0.833 bits per heavy atom. The molecule has 4 aromatic rings. The molecule has 0 radical (unpaired) electrons. The number of hydrogen-bond donors (Lipinski definition) is 0. The molecule has 0 spiro atoms. The van der Waals surface area contributed by atoms with Crippen LogP contribution in [0.1, 0.15) is 74.9 Å². The molecule has 0 saturated heterocycles. The van der Waals surface area contributed by atoms with E-state index in [2.05, 4.69) is 150 Å². The number of halogens is 2. The molecule has 0 heterocycles. The van der Waals surface area contributed by atoms with Crippen LogP contribution in [-0.2, 0) is 30.0 Å². The van der Waals surface area contributed by atoms with Crippen molar-refractivity contribution in [1.82, 2.24) is 0 Å². The molecule has 0 bridgehead atoms. The molecule has 4 aromatic carbocycles. The summed E-state index contributed by atoms with van der Waals surface area (Å²) in [5.41, 5.74) is 8.90. The van der Waals surface area contributed by atoms with Gasteiger partial charge in [-0.05, 0) is 24.7 Å². The van der Waals surface area contributed by atoms with Crippen LogP contribution in [0.5, 0.6) is 0 Å². The van der Waals surface area contributed by atoms with Gasteiger partial charge in [0.25, 0.3) is 0 Å². The summed E-state index contributed by atoms with van der Waals surface area (Å²) >= 11 is 2.27. The fourth-order valence-corrected chi connectivity index (χ4v) is 4.05. The number of fused-ring (bicyclic) bond motifs is 2. The van der Waals surface area contributed by atoms with Crippen molar-refractivity contribution in [3.05, 3.63) is 81.9 Å². The first-order chi connectivity index (χ1) is 15.5. The summed E-state index contributed by atoms with van der Waals surface area (Å²) in [6.45, 7) is 26.9. The Morgan fingerprint density at radius 1 is 0.583 bits per heavy atom. The Kier molecular flexibility index (Phi) is 13.5. The maximum absolute atomic E-state index is 2.34. The minimum atomic E-state index is 0. The summed E-state index contributed by atoms with van der Waals surface area (Å²) in [5.74, 6) is 0. The summed E-state index contributed by atoms with van der Waals surface area (Å²) in [5, 5.41) is 5.67. The van der Waals surface area contributed by atoms with Crippen LogP contribution < -0.4 is 24.8 Å². The quantitative estimate of drug-likeness (QED) is 0.222. The van der Waals surface area contributed by atoms with Gasteiger partial charge in [-0.15, -0.1) is 68.1 Å². The Bertz CT molecular complexity index is 1120. The van der Waals surface area contributed by atoms with E-state index in [1.807, 2.05) is 0 Å².